The zero-order valence-corrected chi connectivity index (χ0v) is 19.1. The van der Waals surface area contributed by atoms with Crippen molar-refractivity contribution >= 4 is 17.6 Å². The summed E-state index contributed by atoms with van der Waals surface area (Å²) in [4.78, 5) is 41.2. The fourth-order valence-corrected chi connectivity index (χ4v) is 3.60. The lowest BCUT2D eigenvalue weighted by Crippen LogP contribution is -2.45. The molecule has 0 spiro atoms. The predicted octanol–water partition coefficient (Wildman–Crippen LogP) is 3.71. The van der Waals surface area contributed by atoms with Gasteiger partial charge in [-0.15, -0.1) is 0 Å². The summed E-state index contributed by atoms with van der Waals surface area (Å²) in [5.74, 6) is -1.43. The smallest absolute Gasteiger partial charge is 0.295 e. The molecule has 0 aliphatic carbocycles. The van der Waals surface area contributed by atoms with E-state index in [1.54, 1.807) is 18.9 Å². The van der Waals surface area contributed by atoms with Crippen LogP contribution in [0.25, 0.3) is 0 Å². The van der Waals surface area contributed by atoms with E-state index in [0.29, 0.717) is 5.56 Å². The van der Waals surface area contributed by atoms with Crippen molar-refractivity contribution in [1.82, 2.24) is 9.80 Å². The van der Waals surface area contributed by atoms with Gasteiger partial charge in [-0.3, -0.25) is 14.4 Å². The molecule has 166 valence electrons. The van der Waals surface area contributed by atoms with E-state index in [0.717, 1.165) is 5.56 Å². The summed E-state index contributed by atoms with van der Waals surface area (Å²) in [5, 5.41) is 10.6. The number of likely N-dealkylation sites (N-methyl/N-ethyl adjacent to an activating group) is 1. The second-order valence-electron chi connectivity index (χ2n) is 8.32. The number of nitrogens with zero attached hydrogens (tertiary/aromatic N) is 2. The summed E-state index contributed by atoms with van der Waals surface area (Å²) in [7, 11) is 1.63. The largest absolute Gasteiger partial charge is 0.386 e. The van der Waals surface area contributed by atoms with Gasteiger partial charge in [-0.2, -0.15) is 0 Å². The molecule has 6 nitrogen and oxygen atoms in total. The molecule has 31 heavy (non-hydrogen) atoms. The van der Waals surface area contributed by atoms with Gasteiger partial charge in [-0.25, -0.2) is 0 Å². The lowest BCUT2D eigenvalue weighted by atomic mass is 10.0. The van der Waals surface area contributed by atoms with Crippen molar-refractivity contribution < 1.29 is 19.5 Å². The molecule has 2 atom stereocenters. The van der Waals surface area contributed by atoms with Gasteiger partial charge >= 0.3 is 0 Å². The van der Waals surface area contributed by atoms with Crippen LogP contribution in [-0.2, 0) is 4.79 Å². The van der Waals surface area contributed by atoms with E-state index in [1.165, 1.54) is 29.2 Å². The van der Waals surface area contributed by atoms with Crippen LogP contribution in [0.1, 0.15) is 67.0 Å². The van der Waals surface area contributed by atoms with Crippen LogP contribution in [0.2, 0.25) is 0 Å². The first kappa shape index (κ1) is 24.3. The fraction of sp³-hybridized carbons (Fsp3) is 0.400. The number of amides is 2. The van der Waals surface area contributed by atoms with Gasteiger partial charge in [-0.05, 0) is 52.3 Å². The van der Waals surface area contributed by atoms with Gasteiger partial charge < -0.3 is 14.9 Å². The monoisotopic (exact) mass is 424 g/mol. The van der Waals surface area contributed by atoms with E-state index in [4.69, 9.17) is 0 Å². The predicted molar refractivity (Wildman–Crippen MR) is 121 cm³/mol. The van der Waals surface area contributed by atoms with Crippen LogP contribution in [0.5, 0.6) is 0 Å². The highest BCUT2D eigenvalue weighted by Crippen LogP contribution is 2.21. The Hall–Kier alpha value is -2.99. The molecule has 0 heterocycles. The fourth-order valence-electron chi connectivity index (χ4n) is 3.60. The van der Waals surface area contributed by atoms with Crippen molar-refractivity contribution in [2.24, 2.45) is 0 Å². The molecule has 0 radical (unpaired) electrons. The van der Waals surface area contributed by atoms with Crippen LogP contribution in [0.15, 0.2) is 54.6 Å². The molecule has 6 heteroatoms. The van der Waals surface area contributed by atoms with E-state index in [9.17, 15) is 19.5 Å². The molecule has 0 aliphatic heterocycles. The Morgan fingerprint density at radius 3 is 1.74 bits per heavy atom. The summed E-state index contributed by atoms with van der Waals surface area (Å²) in [6.07, 6.45) is -0.827. The molecule has 2 aromatic rings. The molecule has 2 rings (SSSR count). The molecule has 0 saturated carbocycles. The Balaban J connectivity index is 2.14. The summed E-state index contributed by atoms with van der Waals surface area (Å²) in [6, 6.07) is 14.6. The average Bonchev–Trinajstić information content (AvgIpc) is 2.76. The Kier molecular flexibility index (Phi) is 8.11. The third-order valence-electron chi connectivity index (χ3n) is 5.46. The molecule has 0 saturated heterocycles. The van der Waals surface area contributed by atoms with Crippen molar-refractivity contribution in [3.8, 4) is 0 Å². The first-order chi connectivity index (χ1) is 14.6. The number of Topliss-reactive ketones (excluding diaryl/α,β-unsaturated/α-hetero) is 1. The minimum atomic E-state index is -0.827. The Labute approximate surface area is 184 Å². The summed E-state index contributed by atoms with van der Waals surface area (Å²) < 4.78 is 0. The third kappa shape index (κ3) is 5.58. The number of carbonyl (C=O) groups is 3. The standard InChI is InChI=1S/C25H32N2O4/c1-16(2)27(17(3)4)25(31)23(29)20-12-14-21(15-13-20)24(30)26(6)18(5)22(28)19-10-8-7-9-11-19/h7-18,22,28H,1-6H3/t18-,22-/m0/s1. The maximum absolute atomic E-state index is 12.9. The number of rotatable bonds is 8. The van der Waals surface area contributed by atoms with Crippen LogP contribution >= 0.6 is 0 Å². The number of hydrogen-bond donors (Lipinski definition) is 1. The molecule has 0 fully saturated rings. The van der Waals surface area contributed by atoms with E-state index in [1.807, 2.05) is 58.0 Å². The van der Waals surface area contributed by atoms with Gasteiger partial charge in [0.1, 0.15) is 0 Å². The number of hydrogen-bond acceptors (Lipinski definition) is 4. The minimum absolute atomic E-state index is 0.0940. The zero-order valence-electron chi connectivity index (χ0n) is 19.1. The maximum Gasteiger partial charge on any atom is 0.295 e. The molecule has 0 aromatic heterocycles. The lowest BCUT2D eigenvalue weighted by Gasteiger charge is -2.30. The zero-order chi connectivity index (χ0) is 23.3. The second kappa shape index (κ2) is 10.4. The van der Waals surface area contributed by atoms with Crippen molar-refractivity contribution in [2.45, 2.75) is 58.8 Å². The topological polar surface area (TPSA) is 77.9 Å². The first-order valence-corrected chi connectivity index (χ1v) is 10.5. The molecule has 0 unspecified atom stereocenters. The molecule has 2 aromatic carbocycles. The molecule has 1 N–H and O–H groups in total. The number of benzene rings is 2. The molecule has 0 bridgehead atoms. The number of aliphatic hydroxyl groups is 1. The minimum Gasteiger partial charge on any atom is -0.386 e. The number of carbonyl (C=O) groups excluding carboxylic acids is 3. The summed E-state index contributed by atoms with van der Waals surface area (Å²) >= 11 is 0. The highest BCUT2D eigenvalue weighted by atomic mass is 16.3. The SMILES string of the molecule is CC(C)N(C(=O)C(=O)c1ccc(C(=O)N(C)[C@@H](C)[C@H](O)c2ccccc2)cc1)C(C)C. The van der Waals surface area contributed by atoms with Gasteiger partial charge in [-0.1, -0.05) is 42.5 Å². The van der Waals surface area contributed by atoms with Gasteiger partial charge in [0.2, 0.25) is 5.78 Å². The molecular formula is C25H32N2O4. The van der Waals surface area contributed by atoms with E-state index in [-0.39, 0.29) is 23.6 Å². The quantitative estimate of drug-likeness (QED) is 0.518. The average molecular weight is 425 g/mol. The maximum atomic E-state index is 12.9. The Morgan fingerprint density at radius 1 is 0.774 bits per heavy atom. The van der Waals surface area contributed by atoms with Crippen molar-refractivity contribution in [3.05, 3.63) is 71.3 Å². The Bertz CT molecular complexity index is 899. The van der Waals surface area contributed by atoms with Gasteiger partial charge in [0, 0.05) is 30.3 Å². The van der Waals surface area contributed by atoms with Gasteiger partial charge in [0.15, 0.2) is 0 Å². The second-order valence-corrected chi connectivity index (χ2v) is 8.32. The van der Waals surface area contributed by atoms with Crippen LogP contribution in [-0.4, -0.2) is 57.7 Å². The van der Waals surface area contributed by atoms with Crippen molar-refractivity contribution in [1.29, 1.82) is 0 Å². The van der Waals surface area contributed by atoms with Crippen LogP contribution < -0.4 is 0 Å². The number of aliphatic hydroxyl groups excluding tert-OH is 1. The lowest BCUT2D eigenvalue weighted by molar-refractivity contribution is -0.129. The van der Waals surface area contributed by atoms with E-state index in [2.05, 4.69) is 0 Å². The summed E-state index contributed by atoms with van der Waals surface area (Å²) in [6.45, 7) is 9.25. The highest BCUT2D eigenvalue weighted by molar-refractivity contribution is 6.42. The third-order valence-corrected chi connectivity index (χ3v) is 5.46. The highest BCUT2D eigenvalue weighted by Gasteiger charge is 2.28. The van der Waals surface area contributed by atoms with Crippen LogP contribution in [0, 0.1) is 0 Å². The summed E-state index contributed by atoms with van der Waals surface area (Å²) in [5.41, 5.74) is 1.35. The van der Waals surface area contributed by atoms with E-state index >= 15 is 0 Å². The Morgan fingerprint density at radius 2 is 1.26 bits per heavy atom. The number of ketones is 1. The normalized spacial score (nSPS) is 13.1. The van der Waals surface area contributed by atoms with Gasteiger partial charge in [0.05, 0.1) is 12.1 Å². The first-order valence-electron chi connectivity index (χ1n) is 10.5. The van der Waals surface area contributed by atoms with Crippen molar-refractivity contribution in [2.75, 3.05) is 7.05 Å². The van der Waals surface area contributed by atoms with Crippen molar-refractivity contribution in [3.63, 3.8) is 0 Å². The van der Waals surface area contributed by atoms with Crippen LogP contribution in [0.4, 0.5) is 0 Å². The van der Waals surface area contributed by atoms with E-state index < -0.39 is 23.8 Å². The molecular weight excluding hydrogens is 392 g/mol. The molecule has 0 aliphatic rings. The van der Waals surface area contributed by atoms with Gasteiger partial charge in [0.25, 0.3) is 11.8 Å². The molecule has 2 amide bonds. The van der Waals surface area contributed by atoms with Crippen LogP contribution in [0.3, 0.4) is 0 Å².